The first kappa shape index (κ1) is 17.2. The van der Waals surface area contributed by atoms with Crippen LogP contribution in [0.4, 0.5) is 0 Å². The van der Waals surface area contributed by atoms with Gasteiger partial charge >= 0.3 is 0 Å². The molecule has 1 atom stereocenters. The maximum atomic E-state index is 5.34. The Kier molecular flexibility index (Phi) is 6.97. The molecule has 3 nitrogen and oxygen atoms in total. The van der Waals surface area contributed by atoms with Gasteiger partial charge in [0, 0.05) is 38.8 Å². The Bertz CT molecular complexity index is 285. The van der Waals surface area contributed by atoms with E-state index < -0.39 is 0 Å². The van der Waals surface area contributed by atoms with Crippen molar-refractivity contribution in [3.8, 4) is 0 Å². The Labute approximate surface area is 131 Å². The van der Waals surface area contributed by atoms with Gasteiger partial charge in [-0.25, -0.2) is 0 Å². The molecular weight excluding hydrogens is 260 g/mol. The van der Waals surface area contributed by atoms with Crippen molar-refractivity contribution in [3.05, 3.63) is 0 Å². The van der Waals surface area contributed by atoms with Crippen molar-refractivity contribution in [1.82, 2.24) is 10.2 Å². The van der Waals surface area contributed by atoms with Crippen LogP contribution in [0.5, 0.6) is 0 Å². The summed E-state index contributed by atoms with van der Waals surface area (Å²) in [6.45, 7) is 9.11. The third-order valence-corrected chi connectivity index (χ3v) is 5.59. The van der Waals surface area contributed by atoms with Gasteiger partial charge in [-0.15, -0.1) is 0 Å². The minimum absolute atomic E-state index is 0.512. The molecule has 0 aromatic rings. The molecule has 2 aliphatic carbocycles. The van der Waals surface area contributed by atoms with Crippen molar-refractivity contribution >= 4 is 0 Å². The molecule has 124 valence electrons. The normalized spacial score (nSPS) is 23.4. The van der Waals surface area contributed by atoms with Crippen molar-refractivity contribution in [1.29, 1.82) is 0 Å². The number of ether oxygens (including phenoxy) is 1. The molecule has 0 bridgehead atoms. The molecule has 0 amide bonds. The van der Waals surface area contributed by atoms with Crippen LogP contribution in [-0.2, 0) is 4.74 Å². The molecule has 21 heavy (non-hydrogen) atoms. The highest BCUT2D eigenvalue weighted by Gasteiger charge is 2.36. The zero-order chi connectivity index (χ0) is 15.1. The van der Waals surface area contributed by atoms with E-state index >= 15 is 0 Å². The van der Waals surface area contributed by atoms with Gasteiger partial charge < -0.3 is 10.1 Å². The highest BCUT2D eigenvalue weighted by molar-refractivity contribution is 4.92. The number of hydrogen-bond acceptors (Lipinski definition) is 3. The van der Waals surface area contributed by atoms with Crippen LogP contribution >= 0.6 is 0 Å². The first-order valence-corrected chi connectivity index (χ1v) is 9.15. The molecule has 2 aliphatic rings. The fraction of sp³-hybridized carbons (Fsp3) is 1.00. The van der Waals surface area contributed by atoms with Crippen LogP contribution in [0.15, 0.2) is 0 Å². The number of hydrogen-bond donors (Lipinski definition) is 1. The standard InChI is InChI=1S/C18H36N2O/c1-4-16(2)20(12-13-21-3)15-18(10-6-5-7-11-18)14-19-17-8-9-17/h16-17,19H,4-15H2,1-3H3. The van der Waals surface area contributed by atoms with Gasteiger partial charge in [0.2, 0.25) is 0 Å². The van der Waals surface area contributed by atoms with Crippen LogP contribution in [0.2, 0.25) is 0 Å². The zero-order valence-electron chi connectivity index (χ0n) is 14.5. The van der Waals surface area contributed by atoms with E-state index in [4.69, 9.17) is 4.74 Å². The second-order valence-electron chi connectivity index (χ2n) is 7.44. The lowest BCUT2D eigenvalue weighted by molar-refractivity contribution is 0.0557. The summed E-state index contributed by atoms with van der Waals surface area (Å²) >= 11 is 0. The smallest absolute Gasteiger partial charge is 0.0589 e. The SMILES string of the molecule is CCC(C)N(CCOC)CC1(CNC2CC2)CCCCC1. The molecule has 2 fully saturated rings. The number of nitrogens with one attached hydrogen (secondary N) is 1. The molecule has 1 unspecified atom stereocenters. The summed E-state index contributed by atoms with van der Waals surface area (Å²) in [5, 5.41) is 3.83. The van der Waals surface area contributed by atoms with E-state index in [-0.39, 0.29) is 0 Å². The first-order chi connectivity index (χ1) is 10.2. The van der Waals surface area contributed by atoms with Gasteiger partial charge in [-0.05, 0) is 44.4 Å². The van der Waals surface area contributed by atoms with Crippen molar-refractivity contribution in [2.24, 2.45) is 5.41 Å². The van der Waals surface area contributed by atoms with E-state index in [0.717, 1.165) is 19.2 Å². The fourth-order valence-electron chi connectivity index (χ4n) is 3.69. The summed E-state index contributed by atoms with van der Waals surface area (Å²) < 4.78 is 5.34. The van der Waals surface area contributed by atoms with E-state index in [1.54, 1.807) is 0 Å². The van der Waals surface area contributed by atoms with Gasteiger partial charge in [0.15, 0.2) is 0 Å². The van der Waals surface area contributed by atoms with Crippen molar-refractivity contribution in [2.75, 3.05) is 33.4 Å². The third kappa shape index (κ3) is 5.54. The van der Waals surface area contributed by atoms with E-state index in [2.05, 4.69) is 24.1 Å². The Morgan fingerprint density at radius 3 is 2.52 bits per heavy atom. The topological polar surface area (TPSA) is 24.5 Å². The second-order valence-corrected chi connectivity index (χ2v) is 7.44. The van der Waals surface area contributed by atoms with Gasteiger partial charge in [-0.1, -0.05) is 26.2 Å². The molecule has 0 heterocycles. The second kappa shape index (κ2) is 8.50. The lowest BCUT2D eigenvalue weighted by Gasteiger charge is -2.43. The molecule has 0 spiro atoms. The lowest BCUT2D eigenvalue weighted by atomic mass is 9.73. The van der Waals surface area contributed by atoms with E-state index in [1.165, 1.54) is 64.5 Å². The van der Waals surface area contributed by atoms with E-state index in [0.29, 0.717) is 11.5 Å². The largest absolute Gasteiger partial charge is 0.383 e. The third-order valence-electron chi connectivity index (χ3n) is 5.59. The maximum Gasteiger partial charge on any atom is 0.0589 e. The minimum Gasteiger partial charge on any atom is -0.383 e. The predicted octanol–water partition coefficient (Wildman–Crippen LogP) is 3.44. The lowest BCUT2D eigenvalue weighted by Crippen LogP contribution is -2.49. The Morgan fingerprint density at radius 1 is 1.24 bits per heavy atom. The van der Waals surface area contributed by atoms with Crippen LogP contribution < -0.4 is 5.32 Å². The molecule has 0 radical (unpaired) electrons. The summed E-state index contributed by atoms with van der Waals surface area (Å²) in [4.78, 5) is 2.68. The molecule has 0 aromatic carbocycles. The van der Waals surface area contributed by atoms with Gasteiger partial charge in [-0.2, -0.15) is 0 Å². The predicted molar refractivity (Wildman–Crippen MR) is 89.7 cm³/mol. The zero-order valence-corrected chi connectivity index (χ0v) is 14.5. The summed E-state index contributed by atoms with van der Waals surface area (Å²) in [5.74, 6) is 0. The molecular formula is C18H36N2O. The Hall–Kier alpha value is -0.120. The monoisotopic (exact) mass is 296 g/mol. The first-order valence-electron chi connectivity index (χ1n) is 9.15. The van der Waals surface area contributed by atoms with Gasteiger partial charge in [0.1, 0.15) is 0 Å². The highest BCUT2D eigenvalue weighted by Crippen LogP contribution is 2.38. The highest BCUT2D eigenvalue weighted by atomic mass is 16.5. The molecule has 2 rings (SSSR count). The Morgan fingerprint density at radius 2 is 1.95 bits per heavy atom. The molecule has 2 saturated carbocycles. The molecule has 3 heteroatoms. The van der Waals surface area contributed by atoms with E-state index in [1.807, 2.05) is 7.11 Å². The number of nitrogens with zero attached hydrogens (tertiary/aromatic N) is 1. The minimum atomic E-state index is 0.512. The summed E-state index contributed by atoms with van der Waals surface area (Å²) in [5.41, 5.74) is 0.512. The van der Waals surface area contributed by atoms with Crippen LogP contribution in [0.3, 0.4) is 0 Å². The molecule has 0 saturated heterocycles. The molecule has 0 aromatic heterocycles. The maximum absolute atomic E-state index is 5.34. The van der Waals surface area contributed by atoms with Crippen LogP contribution in [0.1, 0.15) is 65.2 Å². The fourth-order valence-corrected chi connectivity index (χ4v) is 3.69. The average molecular weight is 296 g/mol. The molecule has 0 aliphatic heterocycles. The number of methoxy groups -OCH3 is 1. The quantitative estimate of drug-likeness (QED) is 0.668. The van der Waals surface area contributed by atoms with Gasteiger partial charge in [0.25, 0.3) is 0 Å². The van der Waals surface area contributed by atoms with Crippen LogP contribution in [0, 0.1) is 5.41 Å². The van der Waals surface area contributed by atoms with Crippen LogP contribution in [0.25, 0.3) is 0 Å². The molecule has 1 N–H and O–H groups in total. The Balaban J connectivity index is 1.95. The number of rotatable bonds is 10. The summed E-state index contributed by atoms with van der Waals surface area (Å²) in [6.07, 6.45) is 11.1. The summed E-state index contributed by atoms with van der Waals surface area (Å²) in [7, 11) is 1.82. The van der Waals surface area contributed by atoms with E-state index in [9.17, 15) is 0 Å². The van der Waals surface area contributed by atoms with Crippen LogP contribution in [-0.4, -0.2) is 50.3 Å². The van der Waals surface area contributed by atoms with Crippen molar-refractivity contribution < 1.29 is 4.74 Å². The summed E-state index contributed by atoms with van der Waals surface area (Å²) in [6, 6.07) is 1.50. The van der Waals surface area contributed by atoms with Gasteiger partial charge in [0.05, 0.1) is 6.61 Å². The van der Waals surface area contributed by atoms with Gasteiger partial charge in [-0.3, -0.25) is 4.90 Å². The average Bonchev–Trinajstić information content (AvgIpc) is 3.34. The van der Waals surface area contributed by atoms with Crippen molar-refractivity contribution in [2.45, 2.75) is 77.3 Å². The van der Waals surface area contributed by atoms with Crippen molar-refractivity contribution in [3.63, 3.8) is 0 Å².